The van der Waals surface area contributed by atoms with Crippen LogP contribution in [0, 0.1) is 6.92 Å². The maximum atomic E-state index is 12.8. The maximum Gasteiger partial charge on any atom is 0.235 e. The number of aliphatic hydroxyl groups is 1. The van der Waals surface area contributed by atoms with Crippen molar-refractivity contribution in [3.63, 3.8) is 0 Å². The van der Waals surface area contributed by atoms with Crippen molar-refractivity contribution in [1.82, 2.24) is 0 Å². The number of hydrogen-bond donors (Lipinski definition) is 1. The molecule has 0 saturated heterocycles. The van der Waals surface area contributed by atoms with E-state index in [9.17, 15) is 13.5 Å². The van der Waals surface area contributed by atoms with E-state index < -0.39 is 16.1 Å². The minimum absolute atomic E-state index is 0.0703. The second-order valence-corrected chi connectivity index (χ2v) is 7.95. The Kier molecular flexibility index (Phi) is 4.41. The predicted octanol–water partition coefficient (Wildman–Crippen LogP) is 2.81. The van der Waals surface area contributed by atoms with Gasteiger partial charge in [-0.2, -0.15) is 0 Å². The number of fused-ring (bicyclic) bond motifs is 1. The monoisotopic (exact) mass is 331 g/mol. The van der Waals surface area contributed by atoms with E-state index in [1.165, 1.54) is 4.31 Å². The molecule has 0 fully saturated rings. The lowest BCUT2D eigenvalue weighted by molar-refractivity contribution is 0.166. The summed E-state index contributed by atoms with van der Waals surface area (Å²) in [6.45, 7) is 2.22. The molecule has 1 aliphatic rings. The molecule has 2 aromatic carbocycles. The van der Waals surface area contributed by atoms with E-state index in [1.807, 2.05) is 55.5 Å². The summed E-state index contributed by atoms with van der Waals surface area (Å²) in [5, 5.41) is 10.2. The van der Waals surface area contributed by atoms with Crippen LogP contribution in [0.15, 0.2) is 48.5 Å². The lowest BCUT2D eigenvalue weighted by Crippen LogP contribution is -2.39. The van der Waals surface area contributed by atoms with Gasteiger partial charge >= 0.3 is 0 Å². The van der Waals surface area contributed by atoms with Crippen LogP contribution in [0.2, 0.25) is 0 Å². The van der Waals surface area contributed by atoms with Crippen molar-refractivity contribution in [3.05, 3.63) is 65.2 Å². The number of hydrogen-bond acceptors (Lipinski definition) is 3. The van der Waals surface area contributed by atoms with Crippen molar-refractivity contribution >= 4 is 15.7 Å². The SMILES string of the molecule is Cc1cccc2c1N(S(=O)(=O)CCc1ccccc1)CCC2O. The molecule has 0 bridgehead atoms. The average molecular weight is 331 g/mol. The number of benzene rings is 2. The first-order valence-corrected chi connectivity index (χ1v) is 9.42. The fraction of sp³-hybridized carbons (Fsp3) is 0.333. The van der Waals surface area contributed by atoms with Crippen LogP contribution in [-0.2, 0) is 16.4 Å². The van der Waals surface area contributed by atoms with Gasteiger partial charge in [0.25, 0.3) is 0 Å². The standard InChI is InChI=1S/C18H21NO3S/c1-14-6-5-9-16-17(20)10-12-19(18(14)16)23(21,22)13-11-15-7-3-2-4-8-15/h2-9,17,20H,10-13H2,1H3. The molecule has 1 unspecified atom stereocenters. The molecule has 122 valence electrons. The highest BCUT2D eigenvalue weighted by Crippen LogP contribution is 2.37. The molecule has 0 aromatic heterocycles. The Hall–Kier alpha value is -1.85. The summed E-state index contributed by atoms with van der Waals surface area (Å²) in [4.78, 5) is 0. The highest BCUT2D eigenvalue weighted by molar-refractivity contribution is 7.92. The molecule has 0 aliphatic carbocycles. The number of rotatable bonds is 4. The van der Waals surface area contributed by atoms with Crippen LogP contribution in [-0.4, -0.2) is 25.8 Å². The summed E-state index contributed by atoms with van der Waals surface area (Å²) in [6.07, 6.45) is 0.329. The quantitative estimate of drug-likeness (QED) is 0.937. The molecule has 23 heavy (non-hydrogen) atoms. The summed E-state index contributed by atoms with van der Waals surface area (Å²) in [7, 11) is -3.42. The van der Waals surface area contributed by atoms with Crippen LogP contribution in [0.4, 0.5) is 5.69 Å². The highest BCUT2D eigenvalue weighted by atomic mass is 32.2. The second-order valence-electron chi connectivity index (χ2n) is 5.94. The molecule has 2 aromatic rings. The molecule has 1 N–H and O–H groups in total. The molecule has 1 aliphatic heterocycles. The van der Waals surface area contributed by atoms with Gasteiger partial charge in [-0.05, 0) is 30.9 Å². The van der Waals surface area contributed by atoms with Crippen molar-refractivity contribution < 1.29 is 13.5 Å². The topological polar surface area (TPSA) is 57.6 Å². The minimum atomic E-state index is -3.42. The predicted molar refractivity (Wildman–Crippen MR) is 92.0 cm³/mol. The van der Waals surface area contributed by atoms with Crippen molar-refractivity contribution in [2.24, 2.45) is 0 Å². The van der Waals surface area contributed by atoms with Gasteiger partial charge in [-0.15, -0.1) is 0 Å². The summed E-state index contributed by atoms with van der Waals surface area (Å²) < 4.78 is 27.1. The second kappa shape index (κ2) is 6.34. The molecule has 0 spiro atoms. The van der Waals surface area contributed by atoms with E-state index in [0.29, 0.717) is 30.6 Å². The zero-order valence-electron chi connectivity index (χ0n) is 13.1. The van der Waals surface area contributed by atoms with Crippen LogP contribution in [0.25, 0.3) is 0 Å². The zero-order chi connectivity index (χ0) is 16.4. The molecular weight excluding hydrogens is 310 g/mol. The van der Waals surface area contributed by atoms with Gasteiger partial charge in [0.15, 0.2) is 0 Å². The van der Waals surface area contributed by atoms with Gasteiger partial charge in [-0.25, -0.2) is 8.42 Å². The first-order valence-electron chi connectivity index (χ1n) is 7.81. The van der Waals surface area contributed by atoms with Gasteiger partial charge in [0, 0.05) is 12.1 Å². The summed E-state index contributed by atoms with van der Waals surface area (Å²) in [6, 6.07) is 15.2. The lowest BCUT2D eigenvalue weighted by atomic mass is 9.98. The fourth-order valence-electron chi connectivity index (χ4n) is 3.08. The number of aryl methyl sites for hydroxylation is 2. The smallest absolute Gasteiger partial charge is 0.235 e. The van der Waals surface area contributed by atoms with Gasteiger partial charge < -0.3 is 5.11 Å². The van der Waals surface area contributed by atoms with Crippen LogP contribution in [0.3, 0.4) is 0 Å². The zero-order valence-corrected chi connectivity index (χ0v) is 14.0. The Morgan fingerprint density at radius 3 is 2.61 bits per heavy atom. The molecular formula is C18H21NO3S. The lowest BCUT2D eigenvalue weighted by Gasteiger charge is -2.34. The summed E-state index contributed by atoms with van der Waals surface area (Å²) in [5.74, 6) is 0.0703. The Labute approximate surface area is 137 Å². The molecule has 0 amide bonds. The number of anilines is 1. The van der Waals surface area contributed by atoms with Gasteiger partial charge in [-0.3, -0.25) is 4.31 Å². The van der Waals surface area contributed by atoms with Gasteiger partial charge in [0.2, 0.25) is 10.0 Å². The molecule has 3 rings (SSSR count). The Balaban J connectivity index is 1.88. The fourth-order valence-corrected chi connectivity index (χ4v) is 4.70. The molecule has 0 radical (unpaired) electrons. The van der Waals surface area contributed by atoms with Gasteiger partial charge in [-0.1, -0.05) is 48.5 Å². The van der Waals surface area contributed by atoms with E-state index in [0.717, 1.165) is 11.1 Å². The summed E-state index contributed by atoms with van der Waals surface area (Å²) in [5.41, 5.74) is 3.25. The van der Waals surface area contributed by atoms with Crippen molar-refractivity contribution in [1.29, 1.82) is 0 Å². The maximum absolute atomic E-state index is 12.8. The van der Waals surface area contributed by atoms with E-state index in [2.05, 4.69) is 0 Å². The first-order chi connectivity index (χ1) is 11.0. The Morgan fingerprint density at radius 2 is 1.87 bits per heavy atom. The van der Waals surface area contributed by atoms with Crippen LogP contribution < -0.4 is 4.31 Å². The van der Waals surface area contributed by atoms with Gasteiger partial charge in [0.05, 0.1) is 17.5 Å². The largest absolute Gasteiger partial charge is 0.388 e. The first kappa shape index (κ1) is 16.0. The number of nitrogens with zero attached hydrogens (tertiary/aromatic N) is 1. The molecule has 0 saturated carbocycles. The van der Waals surface area contributed by atoms with Crippen LogP contribution >= 0.6 is 0 Å². The minimum Gasteiger partial charge on any atom is -0.388 e. The Morgan fingerprint density at radius 1 is 1.13 bits per heavy atom. The average Bonchev–Trinajstić information content (AvgIpc) is 2.55. The molecule has 1 heterocycles. The molecule has 5 heteroatoms. The third kappa shape index (κ3) is 3.26. The van der Waals surface area contributed by atoms with Crippen molar-refractivity contribution in [3.8, 4) is 0 Å². The number of sulfonamides is 1. The van der Waals surface area contributed by atoms with Crippen molar-refractivity contribution in [2.45, 2.75) is 25.9 Å². The van der Waals surface area contributed by atoms with Crippen molar-refractivity contribution in [2.75, 3.05) is 16.6 Å². The van der Waals surface area contributed by atoms with E-state index in [1.54, 1.807) is 0 Å². The van der Waals surface area contributed by atoms with E-state index >= 15 is 0 Å². The summed E-state index contributed by atoms with van der Waals surface area (Å²) >= 11 is 0. The number of para-hydroxylation sites is 1. The third-order valence-electron chi connectivity index (χ3n) is 4.31. The Bertz CT molecular complexity index is 787. The molecule has 1 atom stereocenters. The number of aliphatic hydroxyl groups excluding tert-OH is 1. The normalized spacial score (nSPS) is 17.8. The van der Waals surface area contributed by atoms with E-state index in [4.69, 9.17) is 0 Å². The highest BCUT2D eigenvalue weighted by Gasteiger charge is 2.32. The third-order valence-corrected chi connectivity index (χ3v) is 6.07. The van der Waals surface area contributed by atoms with Crippen LogP contribution in [0.1, 0.15) is 29.2 Å². The van der Waals surface area contributed by atoms with Gasteiger partial charge in [0.1, 0.15) is 0 Å². The molecule has 4 nitrogen and oxygen atoms in total. The van der Waals surface area contributed by atoms with E-state index in [-0.39, 0.29) is 5.75 Å². The van der Waals surface area contributed by atoms with Crippen LogP contribution in [0.5, 0.6) is 0 Å².